The molecule has 8 heteroatoms. The normalized spacial score (nSPS) is 9.96. The molecular weight excluding hydrogens is 327 g/mol. The lowest BCUT2D eigenvalue weighted by Gasteiger charge is -2.21. The Labute approximate surface area is 143 Å². The van der Waals surface area contributed by atoms with Crippen molar-refractivity contribution in [3.8, 4) is 6.07 Å². The molecule has 0 saturated heterocycles. The Morgan fingerprint density at radius 2 is 2.12 bits per heavy atom. The highest BCUT2D eigenvalue weighted by atomic mass is 19.1. The Morgan fingerprint density at radius 1 is 1.36 bits per heavy atom. The van der Waals surface area contributed by atoms with Gasteiger partial charge < -0.3 is 10.2 Å². The summed E-state index contributed by atoms with van der Waals surface area (Å²) in [6, 6.07) is 10.9. The summed E-state index contributed by atoms with van der Waals surface area (Å²) < 4.78 is 14.0. The number of amides is 2. The number of nitriles is 1. The number of hydrogen-bond donors (Lipinski definition) is 1. The van der Waals surface area contributed by atoms with Crippen molar-refractivity contribution in [3.63, 3.8) is 0 Å². The monoisotopic (exact) mass is 342 g/mol. The van der Waals surface area contributed by atoms with Gasteiger partial charge in [-0.15, -0.1) is 0 Å². The van der Waals surface area contributed by atoms with E-state index in [1.54, 1.807) is 6.92 Å². The SMILES string of the molecule is CCN(Cc1ccc(C#N)cc1F)C(=O)Nc1cccc([N+](=O)[O-])c1. The number of non-ortho nitro benzene ring substituents is 1. The molecule has 0 bridgehead atoms. The number of rotatable bonds is 5. The topological polar surface area (TPSA) is 99.3 Å². The average Bonchev–Trinajstić information content (AvgIpc) is 2.60. The number of nitrogens with one attached hydrogen (secondary N) is 1. The Balaban J connectivity index is 2.12. The molecule has 0 aliphatic heterocycles. The number of urea groups is 1. The van der Waals surface area contributed by atoms with E-state index in [2.05, 4.69) is 5.32 Å². The first kappa shape index (κ1) is 17.9. The summed E-state index contributed by atoms with van der Waals surface area (Å²) in [6.07, 6.45) is 0. The molecule has 2 aromatic carbocycles. The highest BCUT2D eigenvalue weighted by Gasteiger charge is 2.16. The first-order chi connectivity index (χ1) is 11.9. The van der Waals surface area contributed by atoms with E-state index < -0.39 is 16.8 Å². The molecule has 0 aliphatic carbocycles. The minimum absolute atomic E-state index is 0.00873. The molecule has 0 unspecified atom stereocenters. The third-order valence-corrected chi connectivity index (χ3v) is 3.52. The average molecular weight is 342 g/mol. The molecule has 7 nitrogen and oxygen atoms in total. The van der Waals surface area contributed by atoms with Crippen molar-refractivity contribution in [3.05, 3.63) is 69.5 Å². The Hall–Kier alpha value is -3.47. The van der Waals surface area contributed by atoms with Gasteiger partial charge in [-0.1, -0.05) is 12.1 Å². The van der Waals surface area contributed by atoms with Gasteiger partial charge in [0.05, 0.1) is 23.1 Å². The van der Waals surface area contributed by atoms with Crippen LogP contribution in [0.3, 0.4) is 0 Å². The van der Waals surface area contributed by atoms with Crippen LogP contribution in [-0.4, -0.2) is 22.4 Å². The number of nitro benzene ring substituents is 1. The van der Waals surface area contributed by atoms with Crippen molar-refractivity contribution in [1.82, 2.24) is 4.90 Å². The van der Waals surface area contributed by atoms with E-state index in [9.17, 15) is 19.3 Å². The molecule has 0 atom stereocenters. The number of anilines is 1. The van der Waals surface area contributed by atoms with Crippen LogP contribution >= 0.6 is 0 Å². The lowest BCUT2D eigenvalue weighted by Crippen LogP contribution is -2.34. The zero-order valence-corrected chi connectivity index (χ0v) is 13.4. The van der Waals surface area contributed by atoms with E-state index in [0.717, 1.165) is 6.07 Å². The number of nitrogens with zero attached hydrogens (tertiary/aromatic N) is 3. The van der Waals surface area contributed by atoms with Gasteiger partial charge in [0, 0.05) is 29.9 Å². The molecule has 0 aliphatic rings. The summed E-state index contributed by atoms with van der Waals surface area (Å²) in [5.41, 5.74) is 0.609. The van der Waals surface area contributed by atoms with Crippen LogP contribution in [-0.2, 0) is 6.54 Å². The summed E-state index contributed by atoms with van der Waals surface area (Å²) in [7, 11) is 0. The molecule has 0 aromatic heterocycles. The maximum atomic E-state index is 14.0. The van der Waals surface area contributed by atoms with E-state index in [4.69, 9.17) is 5.26 Å². The van der Waals surface area contributed by atoms with Crippen LogP contribution < -0.4 is 5.32 Å². The second-order valence-corrected chi connectivity index (χ2v) is 5.17. The van der Waals surface area contributed by atoms with E-state index in [1.807, 2.05) is 6.07 Å². The summed E-state index contributed by atoms with van der Waals surface area (Å²) >= 11 is 0. The molecule has 25 heavy (non-hydrogen) atoms. The molecule has 2 rings (SSSR count). The van der Waals surface area contributed by atoms with Gasteiger partial charge in [-0.2, -0.15) is 5.26 Å². The zero-order chi connectivity index (χ0) is 18.4. The van der Waals surface area contributed by atoms with Crippen molar-refractivity contribution < 1.29 is 14.1 Å². The smallest absolute Gasteiger partial charge is 0.320 e. The molecule has 0 spiro atoms. The third kappa shape index (κ3) is 4.51. The van der Waals surface area contributed by atoms with Crippen LogP contribution in [0, 0.1) is 27.3 Å². The second kappa shape index (κ2) is 7.88. The van der Waals surface area contributed by atoms with Crippen molar-refractivity contribution in [2.45, 2.75) is 13.5 Å². The first-order valence-corrected chi connectivity index (χ1v) is 7.43. The molecule has 0 saturated carbocycles. The predicted octanol–water partition coefficient (Wildman–Crippen LogP) is 3.66. The summed E-state index contributed by atoms with van der Waals surface area (Å²) in [5, 5.41) is 22.1. The van der Waals surface area contributed by atoms with Gasteiger partial charge in [0.2, 0.25) is 0 Å². The minimum atomic E-state index is -0.569. The summed E-state index contributed by atoms with van der Waals surface area (Å²) in [5.74, 6) is -0.569. The van der Waals surface area contributed by atoms with Gasteiger partial charge in [-0.25, -0.2) is 9.18 Å². The molecule has 1 N–H and O–H groups in total. The molecule has 0 heterocycles. The number of hydrogen-bond acceptors (Lipinski definition) is 4. The Bertz CT molecular complexity index is 848. The molecule has 0 fully saturated rings. The number of halogens is 1. The van der Waals surface area contributed by atoms with Gasteiger partial charge >= 0.3 is 6.03 Å². The number of benzene rings is 2. The maximum absolute atomic E-state index is 14.0. The molecule has 2 aromatic rings. The van der Waals surface area contributed by atoms with E-state index in [0.29, 0.717) is 6.54 Å². The summed E-state index contributed by atoms with van der Waals surface area (Å²) in [4.78, 5) is 23.9. The fourth-order valence-corrected chi connectivity index (χ4v) is 2.18. The van der Waals surface area contributed by atoms with Crippen molar-refractivity contribution in [2.24, 2.45) is 0 Å². The van der Waals surface area contributed by atoms with Gasteiger partial charge in [-0.05, 0) is 25.1 Å². The number of carbonyl (C=O) groups excluding carboxylic acids is 1. The van der Waals surface area contributed by atoms with Gasteiger partial charge in [0.25, 0.3) is 5.69 Å². The quantitative estimate of drug-likeness (QED) is 0.662. The summed E-state index contributed by atoms with van der Waals surface area (Å²) in [6.45, 7) is 2.05. The van der Waals surface area contributed by atoms with Crippen molar-refractivity contribution in [1.29, 1.82) is 5.26 Å². The van der Waals surface area contributed by atoms with E-state index >= 15 is 0 Å². The van der Waals surface area contributed by atoms with Crippen LogP contribution in [0.15, 0.2) is 42.5 Å². The fourth-order valence-electron chi connectivity index (χ4n) is 2.18. The third-order valence-electron chi connectivity index (χ3n) is 3.52. The van der Waals surface area contributed by atoms with Gasteiger partial charge in [-0.3, -0.25) is 10.1 Å². The van der Waals surface area contributed by atoms with Crippen molar-refractivity contribution >= 4 is 17.4 Å². The highest BCUT2D eigenvalue weighted by molar-refractivity contribution is 5.89. The number of carbonyl (C=O) groups is 1. The standard InChI is InChI=1S/C17H15FN4O3/c1-2-21(11-13-7-6-12(10-19)8-16(13)18)17(23)20-14-4-3-5-15(9-14)22(24)25/h3-9H,2,11H2,1H3,(H,20,23). The maximum Gasteiger partial charge on any atom is 0.322 e. The van der Waals surface area contributed by atoms with Crippen LogP contribution in [0.4, 0.5) is 20.6 Å². The first-order valence-electron chi connectivity index (χ1n) is 7.43. The van der Waals surface area contributed by atoms with E-state index in [1.165, 1.54) is 41.3 Å². The molecular formula is C17H15FN4O3. The van der Waals surface area contributed by atoms with E-state index in [-0.39, 0.29) is 29.0 Å². The second-order valence-electron chi connectivity index (χ2n) is 5.17. The lowest BCUT2D eigenvalue weighted by molar-refractivity contribution is -0.384. The fraction of sp³-hybridized carbons (Fsp3) is 0.176. The highest BCUT2D eigenvalue weighted by Crippen LogP contribution is 2.18. The molecule has 0 radical (unpaired) electrons. The minimum Gasteiger partial charge on any atom is -0.320 e. The Morgan fingerprint density at radius 3 is 2.72 bits per heavy atom. The number of nitro groups is 1. The largest absolute Gasteiger partial charge is 0.322 e. The molecule has 128 valence electrons. The Kier molecular flexibility index (Phi) is 5.63. The van der Waals surface area contributed by atoms with Crippen molar-refractivity contribution in [2.75, 3.05) is 11.9 Å². The van der Waals surface area contributed by atoms with Crippen LogP contribution in [0.25, 0.3) is 0 Å². The van der Waals surface area contributed by atoms with Crippen LogP contribution in [0.2, 0.25) is 0 Å². The zero-order valence-electron chi connectivity index (χ0n) is 13.4. The van der Waals surface area contributed by atoms with Gasteiger partial charge in [0.15, 0.2) is 0 Å². The predicted molar refractivity (Wildman–Crippen MR) is 89.3 cm³/mol. The van der Waals surface area contributed by atoms with Gasteiger partial charge in [0.1, 0.15) is 5.82 Å². The molecule has 2 amide bonds. The van der Waals surface area contributed by atoms with Crippen LogP contribution in [0.1, 0.15) is 18.1 Å². The van der Waals surface area contributed by atoms with Crippen LogP contribution in [0.5, 0.6) is 0 Å². The lowest BCUT2D eigenvalue weighted by atomic mass is 10.1.